The summed E-state index contributed by atoms with van der Waals surface area (Å²) in [6.07, 6.45) is 6.40. The molecule has 146 valence electrons. The third-order valence-electron chi connectivity index (χ3n) is 6.18. The van der Waals surface area contributed by atoms with E-state index in [1.807, 2.05) is 0 Å². The monoisotopic (exact) mass is 394 g/mol. The Morgan fingerprint density at radius 2 is 1.93 bits per heavy atom. The summed E-state index contributed by atoms with van der Waals surface area (Å²) >= 11 is 1.70. The Hall–Kier alpha value is -2.02. The van der Waals surface area contributed by atoms with E-state index in [1.165, 1.54) is 29.4 Å². The fourth-order valence-electron chi connectivity index (χ4n) is 4.55. The highest BCUT2D eigenvalue weighted by Gasteiger charge is 2.30. The van der Waals surface area contributed by atoms with E-state index in [0.29, 0.717) is 5.92 Å². The first-order valence-corrected chi connectivity index (χ1v) is 11.1. The highest BCUT2D eigenvalue weighted by molar-refractivity contribution is 7.17. The van der Waals surface area contributed by atoms with Crippen molar-refractivity contribution in [1.29, 1.82) is 0 Å². The lowest BCUT2D eigenvalue weighted by Crippen LogP contribution is -2.38. The third-order valence-corrected chi connectivity index (χ3v) is 7.06. The number of thiophene rings is 1. The van der Waals surface area contributed by atoms with Gasteiger partial charge >= 0.3 is 0 Å². The summed E-state index contributed by atoms with van der Waals surface area (Å²) in [5.41, 5.74) is 8.65. The summed E-state index contributed by atoms with van der Waals surface area (Å²) < 4.78 is 5.83. The van der Waals surface area contributed by atoms with Crippen molar-refractivity contribution < 1.29 is 4.74 Å². The predicted molar refractivity (Wildman–Crippen MR) is 115 cm³/mol. The standard InChI is InChI=1S/C22H26N4OS/c23-18-8-11-27-19(18)12-15-6-9-26(10-7-15)21-20-17(16-4-2-1-3-5-16)13-28-22(20)25-14-24-21/h1-5,13-15,18-19H,6-12,23H2. The zero-order valence-corrected chi connectivity index (χ0v) is 16.8. The molecule has 4 heterocycles. The number of nitrogens with two attached hydrogens (primary N) is 1. The zero-order valence-electron chi connectivity index (χ0n) is 16.0. The number of ether oxygens (including phenoxy) is 1. The smallest absolute Gasteiger partial charge is 0.141 e. The van der Waals surface area contributed by atoms with Gasteiger partial charge in [0.2, 0.25) is 0 Å². The molecule has 2 aromatic heterocycles. The number of benzene rings is 1. The van der Waals surface area contributed by atoms with E-state index < -0.39 is 0 Å². The minimum absolute atomic E-state index is 0.221. The quantitative estimate of drug-likeness (QED) is 0.722. The maximum atomic E-state index is 6.19. The average Bonchev–Trinajstić information content (AvgIpc) is 3.35. The molecule has 5 rings (SSSR count). The Balaban J connectivity index is 1.36. The van der Waals surface area contributed by atoms with Crippen LogP contribution in [0.2, 0.25) is 0 Å². The average molecular weight is 395 g/mol. The minimum atomic E-state index is 0.221. The molecule has 2 unspecified atom stereocenters. The predicted octanol–water partition coefficient (Wildman–Crippen LogP) is 4.08. The van der Waals surface area contributed by atoms with E-state index in [1.54, 1.807) is 17.7 Å². The number of anilines is 1. The van der Waals surface area contributed by atoms with E-state index in [2.05, 4.69) is 45.6 Å². The highest BCUT2D eigenvalue weighted by atomic mass is 32.1. The molecule has 2 fully saturated rings. The van der Waals surface area contributed by atoms with Gasteiger partial charge in [-0.3, -0.25) is 0 Å². The second-order valence-electron chi connectivity index (χ2n) is 7.92. The topological polar surface area (TPSA) is 64.3 Å². The fourth-order valence-corrected chi connectivity index (χ4v) is 5.46. The third kappa shape index (κ3) is 3.41. The molecule has 0 bridgehead atoms. The van der Waals surface area contributed by atoms with Crippen LogP contribution in [-0.2, 0) is 4.74 Å². The van der Waals surface area contributed by atoms with Gasteiger partial charge in [0.15, 0.2) is 0 Å². The van der Waals surface area contributed by atoms with Gasteiger partial charge in [0.05, 0.1) is 11.5 Å². The molecule has 3 aromatic rings. The van der Waals surface area contributed by atoms with E-state index in [4.69, 9.17) is 15.5 Å². The molecule has 0 aliphatic carbocycles. The van der Waals surface area contributed by atoms with Crippen LogP contribution in [0.1, 0.15) is 25.7 Å². The summed E-state index contributed by atoms with van der Waals surface area (Å²) in [5.74, 6) is 1.77. The molecule has 2 atom stereocenters. The Morgan fingerprint density at radius 3 is 2.68 bits per heavy atom. The zero-order chi connectivity index (χ0) is 18.9. The number of aromatic nitrogens is 2. The molecule has 2 aliphatic rings. The van der Waals surface area contributed by atoms with E-state index in [-0.39, 0.29) is 12.1 Å². The molecule has 0 amide bonds. The number of fused-ring (bicyclic) bond motifs is 1. The van der Waals surface area contributed by atoms with Crippen molar-refractivity contribution in [1.82, 2.24) is 9.97 Å². The number of piperidine rings is 1. The molecule has 2 aliphatic heterocycles. The van der Waals surface area contributed by atoms with Crippen LogP contribution in [0.25, 0.3) is 21.3 Å². The molecule has 2 N–H and O–H groups in total. The Bertz CT molecular complexity index is 936. The number of hydrogen-bond donors (Lipinski definition) is 1. The van der Waals surface area contributed by atoms with Crippen molar-refractivity contribution in [2.75, 3.05) is 24.6 Å². The van der Waals surface area contributed by atoms with Crippen LogP contribution in [0.5, 0.6) is 0 Å². The molecular weight excluding hydrogens is 368 g/mol. The first-order chi connectivity index (χ1) is 13.8. The van der Waals surface area contributed by atoms with Crippen LogP contribution in [0, 0.1) is 5.92 Å². The second-order valence-corrected chi connectivity index (χ2v) is 8.78. The van der Waals surface area contributed by atoms with Gasteiger partial charge in [-0.15, -0.1) is 11.3 Å². The molecule has 28 heavy (non-hydrogen) atoms. The van der Waals surface area contributed by atoms with Gasteiger partial charge in [0, 0.05) is 36.7 Å². The molecule has 0 radical (unpaired) electrons. The van der Waals surface area contributed by atoms with Crippen molar-refractivity contribution in [2.24, 2.45) is 11.7 Å². The molecule has 0 saturated carbocycles. The normalized spacial score (nSPS) is 23.5. The number of rotatable bonds is 4. The van der Waals surface area contributed by atoms with E-state index in [9.17, 15) is 0 Å². The minimum Gasteiger partial charge on any atom is -0.377 e. The van der Waals surface area contributed by atoms with E-state index in [0.717, 1.165) is 43.2 Å². The number of nitrogens with zero attached hydrogens (tertiary/aromatic N) is 3. The molecule has 2 saturated heterocycles. The van der Waals surface area contributed by atoms with Gasteiger partial charge in [-0.1, -0.05) is 30.3 Å². The summed E-state index contributed by atoms with van der Waals surface area (Å²) in [6.45, 7) is 2.88. The van der Waals surface area contributed by atoms with Crippen molar-refractivity contribution >= 4 is 27.4 Å². The molecule has 1 aromatic carbocycles. The van der Waals surface area contributed by atoms with Gasteiger partial charge in [-0.2, -0.15) is 0 Å². The van der Waals surface area contributed by atoms with Crippen LogP contribution in [-0.4, -0.2) is 41.8 Å². The maximum Gasteiger partial charge on any atom is 0.141 e. The first-order valence-electron chi connectivity index (χ1n) is 10.2. The highest BCUT2D eigenvalue weighted by Crippen LogP contribution is 2.39. The maximum absolute atomic E-state index is 6.19. The lowest BCUT2D eigenvalue weighted by atomic mass is 9.89. The summed E-state index contributed by atoms with van der Waals surface area (Å²) in [7, 11) is 0. The van der Waals surface area contributed by atoms with Crippen LogP contribution >= 0.6 is 11.3 Å². The van der Waals surface area contributed by atoms with Crippen molar-refractivity contribution in [2.45, 2.75) is 37.8 Å². The Kier molecular flexibility index (Phi) is 5.01. The van der Waals surface area contributed by atoms with Gasteiger partial charge in [0.1, 0.15) is 17.0 Å². The van der Waals surface area contributed by atoms with Gasteiger partial charge < -0.3 is 15.4 Å². The molecule has 5 nitrogen and oxygen atoms in total. The van der Waals surface area contributed by atoms with E-state index >= 15 is 0 Å². The lowest BCUT2D eigenvalue weighted by molar-refractivity contribution is 0.0788. The number of hydrogen-bond acceptors (Lipinski definition) is 6. The second kappa shape index (κ2) is 7.78. The van der Waals surface area contributed by atoms with Crippen LogP contribution in [0.4, 0.5) is 5.82 Å². The Morgan fingerprint density at radius 1 is 1.11 bits per heavy atom. The summed E-state index contributed by atoms with van der Waals surface area (Å²) in [5, 5.41) is 3.40. The molecule has 0 spiro atoms. The lowest BCUT2D eigenvalue weighted by Gasteiger charge is -2.34. The van der Waals surface area contributed by atoms with Gasteiger partial charge in [0.25, 0.3) is 0 Å². The van der Waals surface area contributed by atoms with Crippen molar-refractivity contribution in [3.05, 3.63) is 42.0 Å². The largest absolute Gasteiger partial charge is 0.377 e. The molecule has 6 heteroatoms. The SMILES string of the molecule is NC1CCOC1CC1CCN(c2ncnc3scc(-c4ccccc4)c23)CC1. The van der Waals surface area contributed by atoms with Gasteiger partial charge in [-0.05, 0) is 37.2 Å². The summed E-state index contributed by atoms with van der Waals surface area (Å²) in [4.78, 5) is 12.7. The van der Waals surface area contributed by atoms with Crippen LogP contribution < -0.4 is 10.6 Å². The first kappa shape index (κ1) is 18.0. The van der Waals surface area contributed by atoms with Gasteiger partial charge in [-0.25, -0.2) is 9.97 Å². The fraction of sp³-hybridized carbons (Fsp3) is 0.455. The van der Waals surface area contributed by atoms with Crippen molar-refractivity contribution in [3.63, 3.8) is 0 Å². The van der Waals surface area contributed by atoms with Crippen LogP contribution in [0.3, 0.4) is 0 Å². The Labute approximate surface area is 169 Å². The van der Waals surface area contributed by atoms with Crippen molar-refractivity contribution in [3.8, 4) is 11.1 Å². The summed E-state index contributed by atoms with van der Waals surface area (Å²) in [6, 6.07) is 10.8. The van der Waals surface area contributed by atoms with Crippen LogP contribution in [0.15, 0.2) is 42.0 Å². The molecular formula is C22H26N4OS.